The average molecular weight is 342 g/mol. The Morgan fingerprint density at radius 2 is 2.25 bits per heavy atom. The average Bonchev–Trinajstić information content (AvgIpc) is 2.57. The van der Waals surface area contributed by atoms with Gasteiger partial charge in [-0.2, -0.15) is 5.26 Å². The summed E-state index contributed by atoms with van der Waals surface area (Å²) in [6.07, 6.45) is 8.12. The van der Waals surface area contributed by atoms with Crippen molar-refractivity contribution in [3.63, 3.8) is 0 Å². The van der Waals surface area contributed by atoms with Crippen LogP contribution in [-0.2, 0) is 4.79 Å². The van der Waals surface area contributed by atoms with Gasteiger partial charge in [0.15, 0.2) is 0 Å². The van der Waals surface area contributed by atoms with Gasteiger partial charge in [0.1, 0.15) is 16.8 Å². The Balaban J connectivity index is 3.03. The zero-order valence-corrected chi connectivity index (χ0v) is 14.4. The Morgan fingerprint density at radius 3 is 2.79 bits per heavy atom. The molecule has 1 aromatic heterocycles. The van der Waals surface area contributed by atoms with Gasteiger partial charge in [0, 0.05) is 0 Å². The van der Waals surface area contributed by atoms with Crippen LogP contribution in [0.4, 0.5) is 0 Å². The van der Waals surface area contributed by atoms with E-state index in [2.05, 4.69) is 23.5 Å². The molecule has 0 aliphatic rings. The Hall–Kier alpha value is -2.64. The predicted molar refractivity (Wildman–Crippen MR) is 98.2 cm³/mol. The molecule has 1 atom stereocenters. The van der Waals surface area contributed by atoms with Gasteiger partial charge in [-0.05, 0) is 30.2 Å². The topological polar surface area (TPSA) is 65.8 Å². The highest BCUT2D eigenvalue weighted by atomic mass is 35.5. The van der Waals surface area contributed by atoms with Crippen molar-refractivity contribution in [2.45, 2.75) is 25.8 Å². The van der Waals surface area contributed by atoms with Crippen LogP contribution in [0.5, 0.6) is 0 Å². The van der Waals surface area contributed by atoms with Crippen LogP contribution >= 0.6 is 11.6 Å². The van der Waals surface area contributed by atoms with Crippen molar-refractivity contribution < 1.29 is 4.79 Å². The van der Waals surface area contributed by atoms with E-state index in [-0.39, 0.29) is 11.6 Å². The first-order valence-electron chi connectivity index (χ1n) is 7.56. The molecule has 0 spiro atoms. The predicted octanol–water partition coefficient (Wildman–Crippen LogP) is 4.23. The number of carbonyl (C=O) groups excluding carboxylic acids is 1. The third kappa shape index (κ3) is 5.86. The molecule has 4 nitrogen and oxygen atoms in total. The Bertz CT molecular complexity index is 714. The van der Waals surface area contributed by atoms with Crippen molar-refractivity contribution in [3.8, 4) is 6.07 Å². The van der Waals surface area contributed by atoms with E-state index in [4.69, 9.17) is 11.6 Å². The van der Waals surface area contributed by atoms with Crippen LogP contribution in [0.3, 0.4) is 0 Å². The molecular weight excluding hydrogens is 322 g/mol. The molecule has 0 aliphatic heterocycles. The standard InChI is InChI=1S/C19H20ClN3O/c1-4-8-14(6-3)17(9-5-2)23-19(24)15(13-21)12-16-10-7-11-18(20)22-16/h4,6-8,10-12,17H,1,3,5,9H2,2H3,(H,23,24)/b14-8+,15-12+. The largest absolute Gasteiger partial charge is 0.345 e. The maximum atomic E-state index is 12.4. The molecule has 0 bridgehead atoms. The summed E-state index contributed by atoms with van der Waals surface area (Å²) in [6, 6.07) is 6.67. The second-order valence-electron chi connectivity index (χ2n) is 4.98. The summed E-state index contributed by atoms with van der Waals surface area (Å²) in [6.45, 7) is 9.44. The smallest absolute Gasteiger partial charge is 0.262 e. The van der Waals surface area contributed by atoms with Crippen LogP contribution < -0.4 is 5.32 Å². The first-order valence-corrected chi connectivity index (χ1v) is 7.93. The number of allylic oxidation sites excluding steroid dienone is 2. The summed E-state index contributed by atoms with van der Waals surface area (Å²) in [7, 11) is 0. The van der Waals surface area contributed by atoms with Crippen molar-refractivity contribution in [2.24, 2.45) is 0 Å². The molecule has 1 unspecified atom stereocenters. The van der Waals surface area contributed by atoms with Gasteiger partial charge in [-0.15, -0.1) is 0 Å². The van der Waals surface area contributed by atoms with E-state index >= 15 is 0 Å². The fraction of sp³-hybridized carbons (Fsp3) is 0.211. The van der Waals surface area contributed by atoms with Crippen LogP contribution in [0.1, 0.15) is 25.5 Å². The summed E-state index contributed by atoms with van der Waals surface area (Å²) in [5, 5.41) is 12.4. The van der Waals surface area contributed by atoms with Gasteiger partial charge in [-0.3, -0.25) is 4.79 Å². The summed E-state index contributed by atoms with van der Waals surface area (Å²) in [5.41, 5.74) is 1.26. The van der Waals surface area contributed by atoms with Crippen LogP contribution in [0.15, 0.2) is 60.7 Å². The molecule has 0 aliphatic carbocycles. The minimum Gasteiger partial charge on any atom is -0.345 e. The number of halogens is 1. The van der Waals surface area contributed by atoms with Crippen molar-refractivity contribution in [1.82, 2.24) is 10.3 Å². The number of amides is 1. The number of pyridine rings is 1. The minimum atomic E-state index is -0.463. The van der Waals surface area contributed by atoms with E-state index in [0.717, 1.165) is 18.4 Å². The van der Waals surface area contributed by atoms with Gasteiger partial charge in [0.2, 0.25) is 0 Å². The first kappa shape index (κ1) is 19.4. The maximum absolute atomic E-state index is 12.4. The fourth-order valence-electron chi connectivity index (χ4n) is 2.11. The summed E-state index contributed by atoms with van der Waals surface area (Å²) >= 11 is 5.82. The van der Waals surface area contributed by atoms with Crippen LogP contribution in [0.2, 0.25) is 5.15 Å². The number of nitrogens with zero attached hydrogens (tertiary/aromatic N) is 2. The van der Waals surface area contributed by atoms with E-state index in [1.807, 2.05) is 13.0 Å². The molecule has 1 amide bonds. The molecule has 5 heteroatoms. The number of hydrogen-bond donors (Lipinski definition) is 1. The Labute approximate surface area is 147 Å². The van der Waals surface area contributed by atoms with Crippen molar-refractivity contribution in [2.75, 3.05) is 0 Å². The normalized spacial score (nSPS) is 12.9. The van der Waals surface area contributed by atoms with E-state index < -0.39 is 5.91 Å². The number of aromatic nitrogens is 1. The van der Waals surface area contributed by atoms with E-state index in [9.17, 15) is 10.1 Å². The van der Waals surface area contributed by atoms with Crippen molar-refractivity contribution in [3.05, 3.63) is 71.6 Å². The van der Waals surface area contributed by atoms with Crippen LogP contribution in [0.25, 0.3) is 6.08 Å². The lowest BCUT2D eigenvalue weighted by molar-refractivity contribution is -0.117. The number of nitrogens with one attached hydrogen (secondary N) is 1. The second kappa shape index (κ2) is 10.2. The first-order chi connectivity index (χ1) is 11.5. The summed E-state index contributed by atoms with van der Waals surface area (Å²) in [5.74, 6) is -0.463. The third-order valence-electron chi connectivity index (χ3n) is 3.22. The molecule has 0 saturated carbocycles. The van der Waals surface area contributed by atoms with Gasteiger partial charge in [-0.25, -0.2) is 4.98 Å². The maximum Gasteiger partial charge on any atom is 0.262 e. The molecular formula is C19H20ClN3O. The van der Waals surface area contributed by atoms with Gasteiger partial charge < -0.3 is 5.32 Å². The van der Waals surface area contributed by atoms with Crippen LogP contribution in [-0.4, -0.2) is 16.9 Å². The number of nitriles is 1. The van der Waals surface area contributed by atoms with Gasteiger partial charge in [0.25, 0.3) is 5.91 Å². The van der Waals surface area contributed by atoms with E-state index in [1.165, 1.54) is 6.08 Å². The summed E-state index contributed by atoms with van der Waals surface area (Å²) in [4.78, 5) is 16.5. The van der Waals surface area contributed by atoms with Gasteiger partial charge in [0.05, 0.1) is 11.7 Å². The number of rotatable bonds is 8. The molecule has 0 aromatic carbocycles. The van der Waals surface area contributed by atoms with Crippen molar-refractivity contribution in [1.29, 1.82) is 5.26 Å². The molecule has 124 valence electrons. The zero-order chi connectivity index (χ0) is 17.9. The molecule has 1 N–H and O–H groups in total. The monoisotopic (exact) mass is 341 g/mol. The lowest BCUT2D eigenvalue weighted by Gasteiger charge is -2.19. The highest BCUT2D eigenvalue weighted by Gasteiger charge is 2.17. The minimum absolute atomic E-state index is 0.0344. The number of hydrogen-bond acceptors (Lipinski definition) is 3. The highest BCUT2D eigenvalue weighted by Crippen LogP contribution is 2.13. The molecule has 0 radical (unpaired) electrons. The molecule has 24 heavy (non-hydrogen) atoms. The lowest BCUT2D eigenvalue weighted by atomic mass is 10.0. The quantitative estimate of drug-likeness (QED) is 0.333. The molecule has 1 rings (SSSR count). The third-order valence-corrected chi connectivity index (χ3v) is 3.44. The SMILES string of the molecule is C=C/C=C(\C=C)C(CCC)NC(=O)/C(C#N)=C/c1cccc(Cl)n1. The molecule has 0 fully saturated rings. The fourth-order valence-corrected chi connectivity index (χ4v) is 2.28. The Kier molecular flexibility index (Phi) is 8.24. The van der Waals surface area contributed by atoms with E-state index in [0.29, 0.717) is 10.8 Å². The Morgan fingerprint density at radius 1 is 1.50 bits per heavy atom. The van der Waals surface area contributed by atoms with Gasteiger partial charge >= 0.3 is 0 Å². The zero-order valence-electron chi connectivity index (χ0n) is 13.6. The number of carbonyl (C=O) groups is 1. The lowest BCUT2D eigenvalue weighted by Crippen LogP contribution is -2.36. The molecule has 0 saturated heterocycles. The van der Waals surface area contributed by atoms with E-state index in [1.54, 1.807) is 36.4 Å². The highest BCUT2D eigenvalue weighted by molar-refractivity contribution is 6.29. The second-order valence-corrected chi connectivity index (χ2v) is 5.36. The van der Waals surface area contributed by atoms with Crippen LogP contribution in [0, 0.1) is 11.3 Å². The van der Waals surface area contributed by atoms with Gasteiger partial charge in [-0.1, -0.05) is 62.4 Å². The van der Waals surface area contributed by atoms with Crippen molar-refractivity contribution >= 4 is 23.6 Å². The molecule has 1 heterocycles. The summed E-state index contributed by atoms with van der Waals surface area (Å²) < 4.78 is 0. The molecule has 1 aromatic rings.